The fourth-order valence-electron chi connectivity index (χ4n) is 4.01. The van der Waals surface area contributed by atoms with Crippen LogP contribution in [0, 0.1) is 6.92 Å². The van der Waals surface area contributed by atoms with E-state index in [9.17, 15) is 18.0 Å². The first-order chi connectivity index (χ1) is 18.1. The summed E-state index contributed by atoms with van der Waals surface area (Å²) in [7, 11) is -4.12. The topological polar surface area (TPSA) is 86.8 Å². The lowest BCUT2D eigenvalue weighted by atomic mass is 10.1. The molecule has 3 rings (SSSR count). The molecule has 2 amide bonds. The number of carbonyl (C=O) groups is 2. The van der Waals surface area contributed by atoms with Crippen LogP contribution in [0.3, 0.4) is 0 Å². The number of nitrogens with zero attached hydrogens (tertiary/aromatic N) is 2. The van der Waals surface area contributed by atoms with Gasteiger partial charge in [-0.3, -0.25) is 13.9 Å². The fourth-order valence-corrected chi connectivity index (χ4v) is 5.62. The van der Waals surface area contributed by atoms with Gasteiger partial charge in [0.15, 0.2) is 0 Å². The van der Waals surface area contributed by atoms with Crippen LogP contribution in [0.25, 0.3) is 0 Å². The third-order valence-electron chi connectivity index (χ3n) is 6.14. The van der Waals surface area contributed by atoms with Gasteiger partial charge in [0.25, 0.3) is 10.0 Å². The average molecular weight is 556 g/mol. The first kappa shape index (κ1) is 29.2. The maximum atomic E-state index is 13.9. The highest BCUT2D eigenvalue weighted by atomic mass is 35.5. The number of aryl methyl sites for hydroxylation is 1. The van der Waals surface area contributed by atoms with Crippen molar-refractivity contribution in [1.29, 1.82) is 0 Å². The number of benzene rings is 3. The summed E-state index contributed by atoms with van der Waals surface area (Å²) in [6.07, 6.45) is 1.74. The first-order valence-electron chi connectivity index (χ1n) is 12.6. The molecule has 1 atom stereocenters. The van der Waals surface area contributed by atoms with Crippen molar-refractivity contribution < 1.29 is 18.0 Å². The Labute approximate surface area is 230 Å². The van der Waals surface area contributed by atoms with Gasteiger partial charge in [-0.25, -0.2) is 8.42 Å². The smallest absolute Gasteiger partial charge is 0.264 e. The minimum atomic E-state index is -4.12. The second kappa shape index (κ2) is 13.4. The normalized spacial score (nSPS) is 12.0. The molecule has 0 radical (unpaired) electrons. The highest BCUT2D eigenvalue weighted by Crippen LogP contribution is 2.26. The molecule has 0 aromatic heterocycles. The molecular weight excluding hydrogens is 522 g/mol. The molecule has 0 fully saturated rings. The molecule has 0 aliphatic rings. The van der Waals surface area contributed by atoms with Crippen LogP contribution in [0.15, 0.2) is 83.8 Å². The van der Waals surface area contributed by atoms with Crippen molar-refractivity contribution in [2.75, 3.05) is 17.4 Å². The van der Waals surface area contributed by atoms with Crippen LogP contribution in [0.4, 0.5) is 5.69 Å². The molecule has 0 saturated carbocycles. The third-order valence-corrected chi connectivity index (χ3v) is 8.16. The number of hydrogen-bond donors (Lipinski definition) is 1. The van der Waals surface area contributed by atoms with E-state index in [1.807, 2.05) is 38.1 Å². The predicted molar refractivity (Wildman–Crippen MR) is 152 cm³/mol. The van der Waals surface area contributed by atoms with Gasteiger partial charge in [0.1, 0.15) is 12.6 Å². The Bertz CT molecular complexity index is 1350. The zero-order chi connectivity index (χ0) is 27.7. The zero-order valence-corrected chi connectivity index (χ0v) is 23.5. The second-order valence-corrected chi connectivity index (χ2v) is 11.4. The maximum absolute atomic E-state index is 13.9. The average Bonchev–Trinajstić information content (AvgIpc) is 2.90. The summed E-state index contributed by atoms with van der Waals surface area (Å²) in [4.78, 5) is 28.3. The number of nitrogens with one attached hydrogen (secondary N) is 1. The Hall–Kier alpha value is -3.36. The number of rotatable bonds is 12. The van der Waals surface area contributed by atoms with E-state index in [4.69, 9.17) is 11.6 Å². The molecule has 3 aromatic carbocycles. The highest BCUT2D eigenvalue weighted by Gasteiger charge is 2.32. The SMILES string of the molecule is CCCCNC(=O)C(C)N(Cc1cccc(C)c1)C(=O)CN(c1cccc(Cl)c1)S(=O)(=O)c1ccccc1. The van der Waals surface area contributed by atoms with Crippen molar-refractivity contribution in [3.63, 3.8) is 0 Å². The lowest BCUT2D eigenvalue weighted by Gasteiger charge is -2.32. The zero-order valence-electron chi connectivity index (χ0n) is 21.9. The van der Waals surface area contributed by atoms with Crippen molar-refractivity contribution in [3.05, 3.63) is 95.0 Å². The Balaban J connectivity index is 1.99. The van der Waals surface area contributed by atoms with E-state index in [0.29, 0.717) is 11.6 Å². The van der Waals surface area contributed by atoms with E-state index in [0.717, 1.165) is 28.3 Å². The Kier molecular flexibility index (Phi) is 10.3. The van der Waals surface area contributed by atoms with Crippen molar-refractivity contribution in [3.8, 4) is 0 Å². The van der Waals surface area contributed by atoms with E-state index < -0.39 is 28.5 Å². The van der Waals surface area contributed by atoms with Gasteiger partial charge in [0.2, 0.25) is 11.8 Å². The second-order valence-electron chi connectivity index (χ2n) is 9.14. The van der Waals surface area contributed by atoms with Crippen LogP contribution >= 0.6 is 11.6 Å². The van der Waals surface area contributed by atoms with Gasteiger partial charge >= 0.3 is 0 Å². The van der Waals surface area contributed by atoms with Gasteiger partial charge in [0.05, 0.1) is 10.6 Å². The molecule has 9 heteroatoms. The monoisotopic (exact) mass is 555 g/mol. The number of anilines is 1. The van der Waals surface area contributed by atoms with Gasteiger partial charge in [0, 0.05) is 18.1 Å². The van der Waals surface area contributed by atoms with Gasteiger partial charge < -0.3 is 10.2 Å². The van der Waals surface area contributed by atoms with Crippen LogP contribution in [0.5, 0.6) is 0 Å². The quantitative estimate of drug-likeness (QED) is 0.312. The van der Waals surface area contributed by atoms with Gasteiger partial charge in [-0.1, -0.05) is 79.0 Å². The Morgan fingerprint density at radius 3 is 2.34 bits per heavy atom. The van der Waals surface area contributed by atoms with Crippen molar-refractivity contribution >= 4 is 39.1 Å². The molecular formula is C29H34ClN3O4S. The number of unbranched alkanes of at least 4 members (excludes halogenated alkanes) is 1. The fraction of sp³-hybridized carbons (Fsp3) is 0.310. The summed E-state index contributed by atoms with van der Waals surface area (Å²) in [5.74, 6) is -0.802. The number of carbonyl (C=O) groups excluding carboxylic acids is 2. The van der Waals surface area contributed by atoms with Crippen molar-refractivity contribution in [1.82, 2.24) is 10.2 Å². The van der Waals surface area contributed by atoms with Gasteiger partial charge in [-0.05, 0) is 56.2 Å². The minimum Gasteiger partial charge on any atom is -0.354 e. The van der Waals surface area contributed by atoms with E-state index in [1.54, 1.807) is 43.3 Å². The lowest BCUT2D eigenvalue weighted by Crippen LogP contribution is -2.51. The van der Waals surface area contributed by atoms with Crippen LogP contribution in [-0.4, -0.2) is 44.3 Å². The van der Waals surface area contributed by atoms with E-state index >= 15 is 0 Å². The predicted octanol–water partition coefficient (Wildman–Crippen LogP) is 5.18. The van der Waals surface area contributed by atoms with Crippen LogP contribution in [0.2, 0.25) is 5.02 Å². The number of hydrogen-bond acceptors (Lipinski definition) is 4. The first-order valence-corrected chi connectivity index (χ1v) is 14.4. The van der Waals surface area contributed by atoms with E-state index in [2.05, 4.69) is 5.32 Å². The molecule has 0 bridgehead atoms. The molecule has 0 aliphatic carbocycles. The summed E-state index contributed by atoms with van der Waals surface area (Å²) in [5.41, 5.74) is 2.11. The molecule has 1 N–H and O–H groups in total. The number of amides is 2. The third kappa shape index (κ3) is 7.58. The van der Waals surface area contributed by atoms with Gasteiger partial charge in [-0.15, -0.1) is 0 Å². The van der Waals surface area contributed by atoms with Gasteiger partial charge in [-0.2, -0.15) is 0 Å². The molecule has 0 aliphatic heterocycles. The molecule has 0 spiro atoms. The number of sulfonamides is 1. The molecule has 38 heavy (non-hydrogen) atoms. The molecule has 3 aromatic rings. The highest BCUT2D eigenvalue weighted by molar-refractivity contribution is 7.92. The summed E-state index contributed by atoms with van der Waals surface area (Å²) < 4.78 is 28.5. The Morgan fingerprint density at radius 1 is 0.974 bits per heavy atom. The van der Waals surface area contributed by atoms with Crippen LogP contribution in [0.1, 0.15) is 37.8 Å². The van der Waals surface area contributed by atoms with Crippen molar-refractivity contribution in [2.45, 2.75) is 51.1 Å². The van der Waals surface area contributed by atoms with E-state index in [1.165, 1.54) is 23.1 Å². The summed E-state index contributed by atoms with van der Waals surface area (Å²) in [5, 5.41) is 3.22. The van der Waals surface area contributed by atoms with Crippen LogP contribution < -0.4 is 9.62 Å². The maximum Gasteiger partial charge on any atom is 0.264 e. The number of halogens is 1. The summed E-state index contributed by atoms with van der Waals surface area (Å²) in [6.45, 7) is 5.78. The lowest BCUT2D eigenvalue weighted by molar-refractivity contribution is -0.139. The van der Waals surface area contributed by atoms with Crippen molar-refractivity contribution in [2.24, 2.45) is 0 Å². The van der Waals surface area contributed by atoms with E-state index in [-0.39, 0.29) is 23.0 Å². The standard InChI is InChI=1S/C29H34ClN3O4S/c1-4-5-17-31-29(35)23(3)32(20-24-12-9-11-22(2)18-24)28(34)21-33(26-14-10-13-25(30)19-26)38(36,37)27-15-7-6-8-16-27/h6-16,18-19,23H,4-5,17,20-21H2,1-3H3,(H,31,35). The minimum absolute atomic E-state index is 0.0448. The molecule has 202 valence electrons. The molecule has 0 heterocycles. The largest absolute Gasteiger partial charge is 0.354 e. The molecule has 0 saturated heterocycles. The van der Waals surface area contributed by atoms with Crippen LogP contribution in [-0.2, 0) is 26.2 Å². The summed E-state index contributed by atoms with van der Waals surface area (Å²) >= 11 is 6.19. The molecule has 1 unspecified atom stereocenters. The summed E-state index contributed by atoms with van der Waals surface area (Å²) in [6, 6.07) is 21.1. The molecule has 7 nitrogen and oxygen atoms in total. The Morgan fingerprint density at radius 2 is 1.68 bits per heavy atom.